The summed E-state index contributed by atoms with van der Waals surface area (Å²) in [6, 6.07) is 29.7. The minimum absolute atomic E-state index is 0.243. The minimum atomic E-state index is -1.22. The largest absolute Gasteiger partial charge is 0.339 e. The van der Waals surface area contributed by atoms with Gasteiger partial charge in [-0.2, -0.15) is 20.4 Å². The fraction of sp³-hybridized carbons (Fsp3) is 0.158. The Morgan fingerprint density at radius 2 is 0.556 bits per heavy atom. The lowest BCUT2D eigenvalue weighted by Gasteiger charge is -2.13. The second-order valence-corrected chi connectivity index (χ2v) is 12.0. The summed E-state index contributed by atoms with van der Waals surface area (Å²) in [6.45, 7) is -0.486. The van der Waals surface area contributed by atoms with Crippen LogP contribution in [-0.4, -0.2) is 86.5 Å². The first-order valence-electron chi connectivity index (χ1n) is 16.6. The summed E-state index contributed by atoms with van der Waals surface area (Å²) in [5.74, 6) is -2.60. The number of hydrogen-bond donors (Lipinski definition) is 4. The number of hydrogen-bond acceptors (Lipinski definition) is 12. The summed E-state index contributed by atoms with van der Waals surface area (Å²) < 4.78 is 21.4. The van der Waals surface area contributed by atoms with Gasteiger partial charge in [-0.15, -0.1) is 0 Å². The van der Waals surface area contributed by atoms with Crippen LogP contribution in [0, 0.1) is 0 Å². The molecule has 0 radical (unpaired) electrons. The lowest BCUT2D eigenvalue weighted by atomic mass is 10.0. The lowest BCUT2D eigenvalue weighted by molar-refractivity contribution is -0.137. The van der Waals surface area contributed by atoms with Gasteiger partial charge in [-0.3, -0.25) is 19.2 Å². The lowest BCUT2D eigenvalue weighted by Crippen LogP contribution is -2.45. The van der Waals surface area contributed by atoms with Crippen molar-refractivity contribution in [2.75, 3.05) is 13.6 Å². The fourth-order valence-corrected chi connectivity index (χ4v) is 5.56. The quantitative estimate of drug-likeness (QED) is 0.211. The molecule has 0 aliphatic carbocycles. The Bertz CT molecular complexity index is 1810. The number of carbonyl (C=O) groups excluding carboxylic acids is 4. The molecule has 272 valence electrons. The van der Waals surface area contributed by atoms with Crippen molar-refractivity contribution in [2.24, 2.45) is 20.4 Å². The number of amides is 4. The van der Waals surface area contributed by atoms with E-state index in [1.54, 1.807) is 0 Å². The van der Waals surface area contributed by atoms with E-state index in [-0.39, 0.29) is 13.6 Å². The summed E-state index contributed by atoms with van der Waals surface area (Å²) in [4.78, 5) is 51.2. The van der Waals surface area contributed by atoms with E-state index in [1.165, 1.54) is 24.9 Å². The number of rotatable bonds is 0. The second kappa shape index (κ2) is 16.7. The molecule has 0 spiro atoms. The molecule has 13 rings (SSSR count). The van der Waals surface area contributed by atoms with E-state index >= 15 is 0 Å². The van der Waals surface area contributed by atoms with E-state index in [1.807, 2.05) is 97.1 Å². The van der Waals surface area contributed by atoms with Crippen molar-refractivity contribution < 1.29 is 38.1 Å². The van der Waals surface area contributed by atoms with Crippen LogP contribution in [0.2, 0.25) is 0 Å². The minimum Gasteiger partial charge on any atom is -0.339 e. The van der Waals surface area contributed by atoms with Gasteiger partial charge in [-0.05, 0) is 44.5 Å². The monoisotopic (exact) mass is 728 g/mol. The van der Waals surface area contributed by atoms with Crippen molar-refractivity contribution in [2.45, 2.75) is 24.4 Å². The third-order valence-corrected chi connectivity index (χ3v) is 8.44. The summed E-state index contributed by atoms with van der Waals surface area (Å²) in [5, 5.41) is 16.0. The first kappa shape index (κ1) is 35.7. The predicted octanol–water partition coefficient (Wildman–Crippen LogP) is 2.02. The molecule has 4 N–H and O–H groups in total. The molecule has 16 heteroatoms. The standard InChI is InChI=1S/C38H32N8O8/c47-35-31-32(52-21-51-31)36(48)44-41-19-25-5-13-29(14-6-25)30-15-7-26(8-16-30)20-42-46-38(50)34-33(53-22-54-34)37(49)45-40-18-24-3-11-28(12-4-24)27-9-1-23(2-10-27)17-39-43-35/h1-20,31-34H,21-22H2,(H,43,47)(H,44,48)(H,45,49)(H,46,50)/b39-17+,40-18+,41-19+,42-20+/t31-,32-,33-,34-/m0/s1. The molecule has 2 fully saturated rings. The van der Waals surface area contributed by atoms with E-state index < -0.39 is 48.0 Å². The van der Waals surface area contributed by atoms with Crippen molar-refractivity contribution in [1.29, 1.82) is 0 Å². The number of nitrogens with zero attached hydrogens (tertiary/aromatic N) is 4. The average molecular weight is 729 g/mol. The second-order valence-electron chi connectivity index (χ2n) is 12.0. The fourth-order valence-electron chi connectivity index (χ4n) is 5.56. The zero-order valence-corrected chi connectivity index (χ0v) is 28.3. The SMILES string of the molecule is O=C1N/N=C/c2ccc(cc2)-c2ccc(cc2)/C=N/NC(=O)[C@H]2OCO[C@@H]2C(=O)N/N=C/c2ccc(cc2)-c2ccc(cc2)/C=N/NC(=O)[C@H]2OCO[C@H]12. The maximum atomic E-state index is 12.8. The zero-order chi connectivity index (χ0) is 37.3. The molecule has 0 unspecified atom stereocenters. The van der Waals surface area contributed by atoms with Crippen LogP contribution in [0.5, 0.6) is 0 Å². The normalized spacial score (nSPS) is 24.4. The molecule has 9 aliphatic rings. The molecular formula is C38H32N8O8. The first-order chi connectivity index (χ1) is 26.4. The number of hydrazone groups is 4. The molecule has 0 aromatic heterocycles. The van der Waals surface area contributed by atoms with Gasteiger partial charge in [0.25, 0.3) is 23.6 Å². The van der Waals surface area contributed by atoms with Crippen molar-refractivity contribution in [3.8, 4) is 22.3 Å². The van der Waals surface area contributed by atoms with Gasteiger partial charge in [0.2, 0.25) is 0 Å². The summed E-state index contributed by atoms with van der Waals surface area (Å²) in [7, 11) is 0. The van der Waals surface area contributed by atoms with Gasteiger partial charge in [0.15, 0.2) is 24.4 Å². The van der Waals surface area contributed by atoms with Crippen LogP contribution >= 0.6 is 0 Å². The number of carbonyl (C=O) groups is 4. The van der Waals surface area contributed by atoms with Gasteiger partial charge in [-0.25, -0.2) is 21.7 Å². The van der Waals surface area contributed by atoms with Gasteiger partial charge in [-0.1, -0.05) is 97.1 Å². The number of ether oxygens (including phenoxy) is 4. The molecule has 16 nitrogen and oxygen atoms in total. The highest BCUT2D eigenvalue weighted by Crippen LogP contribution is 2.22. The van der Waals surface area contributed by atoms with Crippen LogP contribution in [0.1, 0.15) is 22.3 Å². The Labute approximate surface area is 307 Å². The summed E-state index contributed by atoms with van der Waals surface area (Å²) in [5.41, 5.74) is 16.1. The van der Waals surface area contributed by atoms with E-state index in [2.05, 4.69) is 42.1 Å². The topological polar surface area (TPSA) is 203 Å². The van der Waals surface area contributed by atoms with Gasteiger partial charge < -0.3 is 18.9 Å². The molecule has 4 amide bonds. The molecule has 54 heavy (non-hydrogen) atoms. The highest BCUT2D eigenvalue weighted by molar-refractivity contribution is 5.94. The smallest absolute Gasteiger partial charge is 0.272 e. The predicted molar refractivity (Wildman–Crippen MR) is 196 cm³/mol. The Balaban J connectivity index is 1.07. The van der Waals surface area contributed by atoms with E-state index in [0.717, 1.165) is 22.3 Å². The Morgan fingerprint density at radius 1 is 0.352 bits per heavy atom. The molecule has 0 saturated carbocycles. The van der Waals surface area contributed by atoms with Crippen LogP contribution in [0.15, 0.2) is 117 Å². The Kier molecular flexibility index (Phi) is 11.1. The zero-order valence-electron chi connectivity index (χ0n) is 28.3. The van der Waals surface area contributed by atoms with Crippen LogP contribution in [0.3, 0.4) is 0 Å². The Morgan fingerprint density at radius 3 is 0.759 bits per heavy atom. The van der Waals surface area contributed by atoms with Gasteiger partial charge in [0.1, 0.15) is 13.6 Å². The number of nitrogens with one attached hydrogen (secondary N) is 4. The molecular weight excluding hydrogens is 696 g/mol. The van der Waals surface area contributed by atoms with Gasteiger partial charge in [0, 0.05) is 0 Å². The molecule has 8 bridgehead atoms. The van der Waals surface area contributed by atoms with E-state index in [0.29, 0.717) is 22.3 Å². The number of benzene rings is 4. The van der Waals surface area contributed by atoms with Crippen LogP contribution in [0.25, 0.3) is 22.3 Å². The van der Waals surface area contributed by atoms with Crippen molar-refractivity contribution in [3.05, 3.63) is 119 Å². The highest BCUT2D eigenvalue weighted by atomic mass is 16.7. The van der Waals surface area contributed by atoms with Crippen molar-refractivity contribution >= 4 is 48.5 Å². The maximum absolute atomic E-state index is 12.8. The van der Waals surface area contributed by atoms with Crippen LogP contribution in [0.4, 0.5) is 0 Å². The third-order valence-electron chi connectivity index (χ3n) is 8.44. The molecule has 4 atom stereocenters. The van der Waals surface area contributed by atoms with Crippen LogP contribution < -0.4 is 21.7 Å². The maximum Gasteiger partial charge on any atom is 0.272 e. The molecule has 4 aromatic rings. The molecule has 9 heterocycles. The van der Waals surface area contributed by atoms with Crippen molar-refractivity contribution in [3.63, 3.8) is 0 Å². The van der Waals surface area contributed by atoms with E-state index in [9.17, 15) is 19.2 Å². The van der Waals surface area contributed by atoms with Crippen molar-refractivity contribution in [1.82, 2.24) is 21.7 Å². The van der Waals surface area contributed by atoms with Gasteiger partial charge in [0.05, 0.1) is 24.9 Å². The van der Waals surface area contributed by atoms with Gasteiger partial charge >= 0.3 is 0 Å². The van der Waals surface area contributed by atoms with E-state index in [4.69, 9.17) is 18.9 Å². The average Bonchev–Trinajstić information content (AvgIpc) is 3.90. The molecule has 4 aromatic carbocycles. The highest BCUT2D eigenvalue weighted by Gasteiger charge is 2.41. The summed E-state index contributed by atoms with van der Waals surface area (Å²) >= 11 is 0. The molecule has 2 saturated heterocycles. The first-order valence-corrected chi connectivity index (χ1v) is 16.6. The molecule has 9 aliphatic heterocycles. The summed E-state index contributed by atoms with van der Waals surface area (Å²) in [6.07, 6.45) is 0.965. The third kappa shape index (κ3) is 8.66. The van der Waals surface area contributed by atoms with Crippen LogP contribution in [-0.2, 0) is 38.1 Å². The Hall–Kier alpha value is -6.72.